The minimum absolute atomic E-state index is 0.667. The third kappa shape index (κ3) is 4.73. The van der Waals surface area contributed by atoms with E-state index in [1.165, 1.54) is 4.88 Å². The van der Waals surface area contributed by atoms with Crippen LogP contribution in [0.3, 0.4) is 0 Å². The van der Waals surface area contributed by atoms with Crippen molar-refractivity contribution in [2.24, 2.45) is 4.99 Å². The number of aromatic nitrogens is 1. The van der Waals surface area contributed by atoms with Crippen LogP contribution in [0.5, 0.6) is 5.75 Å². The Morgan fingerprint density at radius 3 is 2.82 bits per heavy atom. The average molecular weight is 318 g/mol. The number of hydrogen-bond acceptors (Lipinski definition) is 4. The van der Waals surface area contributed by atoms with Crippen molar-refractivity contribution in [1.82, 2.24) is 15.6 Å². The van der Waals surface area contributed by atoms with Gasteiger partial charge in [0.15, 0.2) is 5.96 Å². The minimum atomic E-state index is 0.667. The van der Waals surface area contributed by atoms with Gasteiger partial charge in [-0.2, -0.15) is 0 Å². The van der Waals surface area contributed by atoms with Gasteiger partial charge in [-0.25, -0.2) is 4.98 Å². The number of guanidine groups is 1. The lowest BCUT2D eigenvalue weighted by molar-refractivity contribution is 0.409. The van der Waals surface area contributed by atoms with Crippen molar-refractivity contribution >= 4 is 17.3 Å². The van der Waals surface area contributed by atoms with Gasteiger partial charge in [-0.3, -0.25) is 4.99 Å². The zero-order valence-corrected chi connectivity index (χ0v) is 14.0. The number of para-hydroxylation sites is 1. The molecule has 2 N–H and O–H groups in total. The fourth-order valence-electron chi connectivity index (χ4n) is 2.05. The first-order valence-electron chi connectivity index (χ1n) is 7.20. The van der Waals surface area contributed by atoms with Crippen LogP contribution in [0, 0.1) is 6.92 Å². The number of rotatable bonds is 6. The number of benzene rings is 1. The lowest BCUT2D eigenvalue weighted by Crippen LogP contribution is -2.37. The van der Waals surface area contributed by atoms with Gasteiger partial charge >= 0.3 is 0 Å². The monoisotopic (exact) mass is 318 g/mol. The van der Waals surface area contributed by atoms with Crippen molar-refractivity contribution < 1.29 is 4.74 Å². The first-order chi connectivity index (χ1) is 10.7. The van der Waals surface area contributed by atoms with Gasteiger partial charge < -0.3 is 15.4 Å². The van der Waals surface area contributed by atoms with E-state index in [4.69, 9.17) is 4.74 Å². The smallest absolute Gasteiger partial charge is 0.191 e. The molecule has 22 heavy (non-hydrogen) atoms. The van der Waals surface area contributed by atoms with Gasteiger partial charge in [-0.15, -0.1) is 11.3 Å². The molecule has 1 aromatic carbocycles. The van der Waals surface area contributed by atoms with E-state index in [1.807, 2.05) is 30.5 Å². The van der Waals surface area contributed by atoms with Crippen LogP contribution in [0.15, 0.2) is 35.5 Å². The SMILES string of the molecule is CN=C(NCCc1ncc(C)s1)NCc1ccccc1OC. The summed E-state index contributed by atoms with van der Waals surface area (Å²) >= 11 is 1.73. The van der Waals surface area contributed by atoms with E-state index in [-0.39, 0.29) is 0 Å². The molecule has 0 atom stereocenters. The highest BCUT2D eigenvalue weighted by Crippen LogP contribution is 2.16. The van der Waals surface area contributed by atoms with Crippen molar-refractivity contribution in [3.05, 3.63) is 45.9 Å². The molecule has 0 bridgehead atoms. The van der Waals surface area contributed by atoms with Crippen molar-refractivity contribution in [2.75, 3.05) is 20.7 Å². The van der Waals surface area contributed by atoms with E-state index in [1.54, 1.807) is 25.5 Å². The largest absolute Gasteiger partial charge is 0.496 e. The topological polar surface area (TPSA) is 58.5 Å². The van der Waals surface area contributed by atoms with E-state index in [0.717, 1.165) is 35.2 Å². The molecule has 0 fully saturated rings. The number of ether oxygens (including phenoxy) is 1. The number of methoxy groups -OCH3 is 1. The number of nitrogens with zero attached hydrogens (tertiary/aromatic N) is 2. The maximum Gasteiger partial charge on any atom is 0.191 e. The number of aryl methyl sites for hydroxylation is 1. The second kappa shape index (κ2) is 8.38. The summed E-state index contributed by atoms with van der Waals surface area (Å²) < 4.78 is 5.35. The summed E-state index contributed by atoms with van der Waals surface area (Å²) in [6, 6.07) is 7.96. The van der Waals surface area contributed by atoms with Crippen LogP contribution in [0.25, 0.3) is 0 Å². The fraction of sp³-hybridized carbons (Fsp3) is 0.375. The van der Waals surface area contributed by atoms with Gasteiger partial charge in [0, 0.05) is 43.2 Å². The second-order valence-electron chi connectivity index (χ2n) is 4.78. The predicted molar refractivity (Wildman–Crippen MR) is 91.8 cm³/mol. The molecule has 0 saturated heterocycles. The maximum absolute atomic E-state index is 5.35. The zero-order chi connectivity index (χ0) is 15.8. The van der Waals surface area contributed by atoms with Gasteiger partial charge in [0.25, 0.3) is 0 Å². The summed E-state index contributed by atoms with van der Waals surface area (Å²) in [7, 11) is 3.45. The highest BCUT2D eigenvalue weighted by atomic mass is 32.1. The molecule has 5 nitrogen and oxygen atoms in total. The Kier molecular flexibility index (Phi) is 6.21. The number of nitrogens with one attached hydrogen (secondary N) is 2. The Hall–Kier alpha value is -2.08. The van der Waals surface area contributed by atoms with Crippen molar-refractivity contribution in [3.63, 3.8) is 0 Å². The quantitative estimate of drug-likeness (QED) is 0.634. The fourth-order valence-corrected chi connectivity index (χ4v) is 2.84. The highest BCUT2D eigenvalue weighted by molar-refractivity contribution is 7.11. The molecule has 118 valence electrons. The van der Waals surface area contributed by atoms with E-state index in [2.05, 4.69) is 27.5 Å². The molecule has 0 aliphatic heterocycles. The van der Waals surface area contributed by atoms with E-state index >= 15 is 0 Å². The standard InChI is InChI=1S/C16H22N4OS/c1-12-10-19-15(22-12)8-9-18-16(17-2)20-11-13-6-4-5-7-14(13)21-3/h4-7,10H,8-9,11H2,1-3H3,(H2,17,18,20). The first-order valence-corrected chi connectivity index (χ1v) is 8.02. The summed E-state index contributed by atoms with van der Waals surface area (Å²) in [6.07, 6.45) is 2.81. The summed E-state index contributed by atoms with van der Waals surface area (Å²) in [5.74, 6) is 1.66. The van der Waals surface area contributed by atoms with Gasteiger partial charge in [0.05, 0.1) is 12.1 Å². The second-order valence-corrected chi connectivity index (χ2v) is 6.10. The molecule has 0 unspecified atom stereocenters. The molecular formula is C16H22N4OS. The highest BCUT2D eigenvalue weighted by Gasteiger charge is 2.04. The van der Waals surface area contributed by atoms with Crippen LogP contribution >= 0.6 is 11.3 Å². The molecule has 2 rings (SSSR count). The molecule has 2 aromatic rings. The molecule has 1 aromatic heterocycles. The average Bonchev–Trinajstić information content (AvgIpc) is 2.96. The Morgan fingerprint density at radius 1 is 1.32 bits per heavy atom. The van der Waals surface area contributed by atoms with Gasteiger partial charge in [-0.05, 0) is 13.0 Å². The minimum Gasteiger partial charge on any atom is -0.496 e. The lowest BCUT2D eigenvalue weighted by Gasteiger charge is -2.13. The van der Waals surface area contributed by atoms with Crippen molar-refractivity contribution in [3.8, 4) is 5.75 Å². The van der Waals surface area contributed by atoms with Gasteiger partial charge in [0.1, 0.15) is 5.75 Å². The predicted octanol–water partition coefficient (Wildman–Crippen LogP) is 2.37. The molecular weight excluding hydrogens is 296 g/mol. The Bertz CT molecular complexity index is 624. The van der Waals surface area contributed by atoms with Gasteiger partial charge in [-0.1, -0.05) is 18.2 Å². The van der Waals surface area contributed by atoms with Crippen LogP contribution in [0.4, 0.5) is 0 Å². The number of thiazole rings is 1. The van der Waals surface area contributed by atoms with Gasteiger partial charge in [0.2, 0.25) is 0 Å². The number of aliphatic imine (C=N–C) groups is 1. The normalized spacial score (nSPS) is 11.3. The Morgan fingerprint density at radius 2 is 2.14 bits per heavy atom. The molecule has 0 aliphatic rings. The van der Waals surface area contributed by atoms with E-state index in [0.29, 0.717) is 6.54 Å². The lowest BCUT2D eigenvalue weighted by atomic mass is 10.2. The number of hydrogen-bond donors (Lipinski definition) is 2. The molecule has 0 saturated carbocycles. The molecule has 0 radical (unpaired) electrons. The molecule has 1 heterocycles. The van der Waals surface area contributed by atoms with Crippen LogP contribution in [-0.4, -0.2) is 31.6 Å². The summed E-state index contributed by atoms with van der Waals surface area (Å²) in [5.41, 5.74) is 1.10. The first kappa shape index (κ1) is 16.3. The Balaban J connectivity index is 1.80. The van der Waals surface area contributed by atoms with E-state index in [9.17, 15) is 0 Å². The van der Waals surface area contributed by atoms with Crippen molar-refractivity contribution in [1.29, 1.82) is 0 Å². The molecule has 6 heteroatoms. The zero-order valence-electron chi connectivity index (χ0n) is 13.2. The Labute approximate surface area is 135 Å². The van der Waals surface area contributed by atoms with Crippen LogP contribution in [0.2, 0.25) is 0 Å². The summed E-state index contributed by atoms with van der Waals surface area (Å²) in [4.78, 5) is 9.83. The van der Waals surface area contributed by atoms with E-state index < -0.39 is 0 Å². The summed E-state index contributed by atoms with van der Waals surface area (Å²) in [6.45, 7) is 3.54. The molecule has 0 amide bonds. The van der Waals surface area contributed by atoms with Crippen molar-refractivity contribution in [2.45, 2.75) is 19.9 Å². The maximum atomic E-state index is 5.35. The van der Waals surface area contributed by atoms with Crippen LogP contribution in [0.1, 0.15) is 15.4 Å². The summed E-state index contributed by atoms with van der Waals surface area (Å²) in [5, 5.41) is 7.74. The molecule has 0 spiro atoms. The van der Waals surface area contributed by atoms with Crippen LogP contribution in [-0.2, 0) is 13.0 Å². The van der Waals surface area contributed by atoms with Crippen LogP contribution < -0.4 is 15.4 Å². The third-order valence-electron chi connectivity index (χ3n) is 3.16. The molecule has 0 aliphatic carbocycles. The third-order valence-corrected chi connectivity index (χ3v) is 4.14.